The maximum absolute atomic E-state index is 8.81. The first kappa shape index (κ1) is 12.4. The second-order valence-electron chi connectivity index (χ2n) is 8.35. The summed E-state index contributed by atoms with van der Waals surface area (Å²) in [5, 5.41) is 16.3. The monoisotopic (exact) mass is 270 g/mol. The lowest BCUT2D eigenvalue weighted by molar-refractivity contribution is -0.112. The Bertz CT molecular complexity index is 578. The van der Waals surface area contributed by atoms with E-state index in [1.54, 1.807) is 0 Å². The van der Waals surface area contributed by atoms with Gasteiger partial charge in [0, 0.05) is 5.41 Å². The molecule has 2 unspecified atom stereocenters. The molecule has 20 heavy (non-hydrogen) atoms. The Balaban J connectivity index is 1.74. The van der Waals surface area contributed by atoms with Crippen molar-refractivity contribution in [2.45, 2.75) is 64.2 Å². The fourth-order valence-corrected chi connectivity index (χ4v) is 6.38. The largest absolute Gasteiger partial charge is 0.262 e. The first-order chi connectivity index (χ1) is 9.44. The third kappa shape index (κ3) is 1.65. The minimum absolute atomic E-state index is 0.174. The minimum atomic E-state index is 0.174. The number of hydrogen-bond donors (Lipinski definition) is 1. The molecule has 4 fully saturated rings. The van der Waals surface area contributed by atoms with Crippen LogP contribution in [0.5, 0.6) is 0 Å². The van der Waals surface area contributed by atoms with E-state index in [4.69, 9.17) is 5.26 Å². The number of H-pyrrole nitrogens is 1. The smallest absolute Gasteiger partial charge is 0.156 e. The van der Waals surface area contributed by atoms with Crippen LogP contribution >= 0.6 is 0 Å². The van der Waals surface area contributed by atoms with E-state index in [0.717, 1.165) is 17.6 Å². The van der Waals surface area contributed by atoms with E-state index in [-0.39, 0.29) is 5.41 Å². The molecule has 1 aromatic heterocycles. The van der Waals surface area contributed by atoms with Crippen LogP contribution in [0, 0.1) is 28.1 Å². The van der Waals surface area contributed by atoms with Crippen LogP contribution in [0.2, 0.25) is 0 Å². The standard InChI is InChI=1S/C16H22N4/c1-14-5-11-6-15(2,8-14)10-16(7-11,9-14)13-18-12(3-4-17)19-20-13/h11H,3,5-10H2,1-2H3,(H,18,19,20). The average molecular weight is 270 g/mol. The van der Waals surface area contributed by atoms with Gasteiger partial charge in [0.05, 0.1) is 12.5 Å². The zero-order valence-corrected chi connectivity index (χ0v) is 12.4. The van der Waals surface area contributed by atoms with Crippen molar-refractivity contribution in [3.05, 3.63) is 11.6 Å². The number of nitrogens with zero attached hydrogens (tertiary/aromatic N) is 3. The molecule has 106 valence electrons. The second-order valence-corrected chi connectivity index (χ2v) is 8.35. The summed E-state index contributed by atoms with van der Waals surface area (Å²) in [7, 11) is 0. The predicted octanol–water partition coefficient (Wildman–Crippen LogP) is 3.12. The normalized spacial score (nSPS) is 45.5. The Morgan fingerprint density at radius 3 is 2.50 bits per heavy atom. The molecule has 0 aromatic carbocycles. The van der Waals surface area contributed by atoms with Gasteiger partial charge >= 0.3 is 0 Å². The molecule has 1 N–H and O–H groups in total. The van der Waals surface area contributed by atoms with Gasteiger partial charge in [0.25, 0.3) is 0 Å². The van der Waals surface area contributed by atoms with Crippen molar-refractivity contribution in [1.29, 1.82) is 5.26 Å². The molecule has 4 saturated carbocycles. The molecular formula is C16H22N4. The third-order valence-corrected chi connectivity index (χ3v) is 5.88. The van der Waals surface area contributed by atoms with Gasteiger partial charge in [0.1, 0.15) is 5.82 Å². The van der Waals surface area contributed by atoms with Crippen LogP contribution in [0.3, 0.4) is 0 Å². The van der Waals surface area contributed by atoms with Gasteiger partial charge in [-0.15, -0.1) is 0 Å². The quantitative estimate of drug-likeness (QED) is 0.898. The molecule has 1 heterocycles. The number of aromatic amines is 1. The summed E-state index contributed by atoms with van der Waals surface area (Å²) in [6.45, 7) is 4.93. The lowest BCUT2D eigenvalue weighted by Gasteiger charge is -2.64. The molecule has 1 aromatic rings. The number of nitriles is 1. The van der Waals surface area contributed by atoms with Gasteiger partial charge in [0.2, 0.25) is 0 Å². The summed E-state index contributed by atoms with van der Waals surface area (Å²) < 4.78 is 0. The zero-order chi connectivity index (χ0) is 14.0. The number of aromatic nitrogens is 3. The lowest BCUT2D eigenvalue weighted by atomic mass is 9.40. The molecule has 2 atom stereocenters. The van der Waals surface area contributed by atoms with Gasteiger partial charge in [0.15, 0.2) is 5.82 Å². The highest BCUT2D eigenvalue weighted by atomic mass is 15.2. The van der Waals surface area contributed by atoms with E-state index >= 15 is 0 Å². The van der Waals surface area contributed by atoms with Gasteiger partial charge < -0.3 is 0 Å². The molecule has 4 nitrogen and oxygen atoms in total. The van der Waals surface area contributed by atoms with Crippen molar-refractivity contribution in [2.24, 2.45) is 16.7 Å². The van der Waals surface area contributed by atoms with Gasteiger partial charge in [-0.2, -0.15) is 10.4 Å². The van der Waals surface area contributed by atoms with Gasteiger partial charge in [-0.25, -0.2) is 4.98 Å². The first-order valence-corrected chi connectivity index (χ1v) is 7.73. The first-order valence-electron chi connectivity index (χ1n) is 7.73. The third-order valence-electron chi connectivity index (χ3n) is 5.88. The van der Waals surface area contributed by atoms with Crippen LogP contribution in [0.25, 0.3) is 0 Å². The summed E-state index contributed by atoms with van der Waals surface area (Å²) in [6.07, 6.45) is 8.20. The van der Waals surface area contributed by atoms with Crippen LogP contribution in [0.4, 0.5) is 0 Å². The van der Waals surface area contributed by atoms with E-state index in [1.165, 1.54) is 38.5 Å². The Labute approximate surface area is 120 Å². The van der Waals surface area contributed by atoms with E-state index in [2.05, 4.69) is 35.1 Å². The van der Waals surface area contributed by atoms with Crippen molar-refractivity contribution in [2.75, 3.05) is 0 Å². The Morgan fingerprint density at radius 1 is 1.20 bits per heavy atom. The summed E-state index contributed by atoms with van der Waals surface area (Å²) in [6, 6.07) is 2.15. The van der Waals surface area contributed by atoms with Crippen LogP contribution in [-0.2, 0) is 11.8 Å². The van der Waals surface area contributed by atoms with Crippen LogP contribution in [0.15, 0.2) is 0 Å². The summed E-state index contributed by atoms with van der Waals surface area (Å²) in [5.41, 5.74) is 1.13. The molecule has 4 bridgehead atoms. The highest BCUT2D eigenvalue weighted by Crippen LogP contribution is 2.69. The molecule has 4 aliphatic rings. The van der Waals surface area contributed by atoms with E-state index in [9.17, 15) is 0 Å². The fourth-order valence-electron chi connectivity index (χ4n) is 6.38. The molecule has 4 heteroatoms. The fraction of sp³-hybridized carbons (Fsp3) is 0.812. The molecule has 0 radical (unpaired) electrons. The number of nitrogens with one attached hydrogen (secondary N) is 1. The topological polar surface area (TPSA) is 65.4 Å². The lowest BCUT2D eigenvalue weighted by Crippen LogP contribution is -2.57. The van der Waals surface area contributed by atoms with Crippen molar-refractivity contribution >= 4 is 0 Å². The van der Waals surface area contributed by atoms with Gasteiger partial charge in [-0.05, 0) is 55.3 Å². The molecule has 0 aliphatic heterocycles. The highest BCUT2D eigenvalue weighted by Gasteiger charge is 2.61. The molecule has 0 saturated heterocycles. The van der Waals surface area contributed by atoms with E-state index < -0.39 is 0 Å². The average Bonchev–Trinajstić information content (AvgIpc) is 2.73. The van der Waals surface area contributed by atoms with Gasteiger partial charge in [-0.1, -0.05) is 13.8 Å². The Morgan fingerprint density at radius 2 is 1.90 bits per heavy atom. The summed E-state index contributed by atoms with van der Waals surface area (Å²) in [4.78, 5) is 4.66. The maximum Gasteiger partial charge on any atom is 0.156 e. The summed E-state index contributed by atoms with van der Waals surface area (Å²) >= 11 is 0. The van der Waals surface area contributed by atoms with Crippen LogP contribution in [-0.4, -0.2) is 15.2 Å². The summed E-state index contributed by atoms with van der Waals surface area (Å²) in [5.74, 6) is 2.57. The highest BCUT2D eigenvalue weighted by molar-refractivity contribution is 5.22. The number of hydrogen-bond acceptors (Lipinski definition) is 3. The molecular weight excluding hydrogens is 248 g/mol. The maximum atomic E-state index is 8.81. The molecule has 0 amide bonds. The number of rotatable bonds is 2. The van der Waals surface area contributed by atoms with Crippen LogP contribution < -0.4 is 0 Å². The molecule has 4 aliphatic carbocycles. The minimum Gasteiger partial charge on any atom is -0.262 e. The SMILES string of the molecule is CC12CC3CC(C)(C1)CC(c1n[nH]c(CC#N)n1)(C3)C2. The Hall–Kier alpha value is -1.37. The zero-order valence-electron chi connectivity index (χ0n) is 12.4. The van der Waals surface area contributed by atoms with Crippen molar-refractivity contribution in [3.8, 4) is 6.07 Å². The second kappa shape index (κ2) is 3.63. The van der Waals surface area contributed by atoms with Crippen LogP contribution in [0.1, 0.15) is 64.0 Å². The molecule has 0 spiro atoms. The van der Waals surface area contributed by atoms with Crippen molar-refractivity contribution < 1.29 is 0 Å². The Kier molecular flexibility index (Phi) is 2.25. The predicted molar refractivity (Wildman–Crippen MR) is 74.8 cm³/mol. The van der Waals surface area contributed by atoms with Crippen molar-refractivity contribution in [1.82, 2.24) is 15.2 Å². The van der Waals surface area contributed by atoms with E-state index in [1.807, 2.05) is 0 Å². The molecule has 5 rings (SSSR count). The van der Waals surface area contributed by atoms with Crippen molar-refractivity contribution in [3.63, 3.8) is 0 Å². The van der Waals surface area contributed by atoms with E-state index in [0.29, 0.717) is 17.3 Å². The van der Waals surface area contributed by atoms with Gasteiger partial charge in [-0.3, -0.25) is 5.10 Å².